The number of esters is 1. The highest BCUT2D eigenvalue weighted by molar-refractivity contribution is 7.80. The van der Waals surface area contributed by atoms with Crippen LogP contribution in [0.5, 0.6) is 0 Å². The number of thiocarbonyl (C=S) groups is 1. The van der Waals surface area contributed by atoms with E-state index in [4.69, 9.17) is 17.0 Å². The molecule has 0 fully saturated rings. The van der Waals surface area contributed by atoms with Gasteiger partial charge in [0.25, 0.3) is 0 Å². The van der Waals surface area contributed by atoms with Gasteiger partial charge in [0.1, 0.15) is 0 Å². The first-order valence-electron chi connectivity index (χ1n) is 11.6. The molecular formula is C25H37N3O3S. The first-order chi connectivity index (χ1) is 15.2. The molecule has 176 valence electrons. The van der Waals surface area contributed by atoms with Crippen LogP contribution < -0.4 is 10.6 Å². The highest BCUT2D eigenvalue weighted by atomic mass is 32.1. The SMILES string of the molecule is CCCC[C@H](CC)C(=O)Nc1ccc([C@@H]2NC(=S)N(CC)C(C)=C2C(=O)OC(C)C)cc1. The van der Waals surface area contributed by atoms with Crippen LogP contribution in [0.4, 0.5) is 5.69 Å². The Hall–Kier alpha value is -2.41. The molecule has 32 heavy (non-hydrogen) atoms. The van der Waals surface area contributed by atoms with Crippen molar-refractivity contribution < 1.29 is 14.3 Å². The molecule has 2 rings (SSSR count). The van der Waals surface area contributed by atoms with Gasteiger partial charge in [0, 0.05) is 23.8 Å². The molecule has 1 aromatic carbocycles. The molecule has 0 aliphatic carbocycles. The van der Waals surface area contributed by atoms with E-state index in [9.17, 15) is 9.59 Å². The number of carbonyl (C=O) groups is 2. The van der Waals surface area contributed by atoms with E-state index in [1.807, 2.05) is 63.8 Å². The zero-order valence-corrected chi connectivity index (χ0v) is 21.0. The van der Waals surface area contributed by atoms with Gasteiger partial charge in [0.15, 0.2) is 5.11 Å². The number of allylic oxidation sites excluding steroid dienone is 1. The first-order valence-corrected chi connectivity index (χ1v) is 12.0. The Bertz CT molecular complexity index is 848. The topological polar surface area (TPSA) is 70.7 Å². The minimum atomic E-state index is -0.408. The number of unbranched alkanes of at least 4 members (excludes halogenated alkanes) is 1. The molecule has 0 saturated carbocycles. The smallest absolute Gasteiger partial charge is 0.338 e. The van der Waals surface area contributed by atoms with E-state index in [-0.39, 0.29) is 23.9 Å². The van der Waals surface area contributed by atoms with E-state index in [1.165, 1.54) is 0 Å². The number of benzene rings is 1. The maximum atomic E-state index is 12.9. The highest BCUT2D eigenvalue weighted by Crippen LogP contribution is 2.32. The van der Waals surface area contributed by atoms with Crippen molar-refractivity contribution >= 4 is 34.9 Å². The van der Waals surface area contributed by atoms with Crippen molar-refractivity contribution in [2.45, 2.75) is 79.4 Å². The van der Waals surface area contributed by atoms with Crippen molar-refractivity contribution in [2.75, 3.05) is 11.9 Å². The Kier molecular flexibility index (Phi) is 9.69. The molecule has 2 N–H and O–H groups in total. The fourth-order valence-electron chi connectivity index (χ4n) is 3.93. The molecule has 0 saturated heterocycles. The van der Waals surface area contributed by atoms with Gasteiger partial charge in [-0.3, -0.25) is 4.79 Å². The molecule has 0 aromatic heterocycles. The average Bonchev–Trinajstić information content (AvgIpc) is 2.74. The summed E-state index contributed by atoms with van der Waals surface area (Å²) in [6.45, 7) is 12.4. The van der Waals surface area contributed by atoms with Crippen LogP contribution >= 0.6 is 12.2 Å². The summed E-state index contributed by atoms with van der Waals surface area (Å²) in [6, 6.07) is 7.17. The monoisotopic (exact) mass is 459 g/mol. The van der Waals surface area contributed by atoms with Crippen molar-refractivity contribution in [1.82, 2.24) is 10.2 Å². The summed E-state index contributed by atoms with van der Waals surface area (Å²) in [4.78, 5) is 27.5. The van der Waals surface area contributed by atoms with Crippen molar-refractivity contribution in [1.29, 1.82) is 0 Å². The Morgan fingerprint density at radius 3 is 2.38 bits per heavy atom. The lowest BCUT2D eigenvalue weighted by Crippen LogP contribution is -2.47. The van der Waals surface area contributed by atoms with E-state index >= 15 is 0 Å². The van der Waals surface area contributed by atoms with E-state index < -0.39 is 6.04 Å². The maximum absolute atomic E-state index is 12.9. The lowest BCUT2D eigenvalue weighted by molar-refractivity contribution is -0.143. The predicted octanol–water partition coefficient (Wildman–Crippen LogP) is 5.32. The number of amides is 1. The summed E-state index contributed by atoms with van der Waals surface area (Å²) in [5.74, 6) is -0.272. The van der Waals surface area contributed by atoms with Gasteiger partial charge in [-0.2, -0.15) is 0 Å². The van der Waals surface area contributed by atoms with Gasteiger partial charge in [-0.05, 0) is 70.5 Å². The number of rotatable bonds is 10. The van der Waals surface area contributed by atoms with Gasteiger partial charge in [0.05, 0.1) is 17.7 Å². The van der Waals surface area contributed by atoms with Gasteiger partial charge in [-0.15, -0.1) is 0 Å². The van der Waals surface area contributed by atoms with Gasteiger partial charge < -0.3 is 20.3 Å². The second-order valence-electron chi connectivity index (χ2n) is 8.44. The quantitative estimate of drug-likeness (QED) is 0.365. The molecule has 1 amide bonds. The zero-order chi connectivity index (χ0) is 23.8. The Morgan fingerprint density at radius 1 is 1.19 bits per heavy atom. The molecule has 7 heteroatoms. The molecule has 6 nitrogen and oxygen atoms in total. The van der Waals surface area contributed by atoms with E-state index in [0.29, 0.717) is 17.2 Å². The summed E-state index contributed by atoms with van der Waals surface area (Å²) >= 11 is 5.54. The number of hydrogen-bond acceptors (Lipinski definition) is 4. The predicted molar refractivity (Wildman–Crippen MR) is 133 cm³/mol. The van der Waals surface area contributed by atoms with Crippen LogP contribution in [-0.4, -0.2) is 34.5 Å². The first kappa shape index (κ1) is 25.8. The zero-order valence-electron chi connectivity index (χ0n) is 20.2. The van der Waals surface area contributed by atoms with E-state index in [1.54, 1.807) is 0 Å². The minimum absolute atomic E-state index is 0.0232. The van der Waals surface area contributed by atoms with Crippen molar-refractivity contribution in [3.05, 3.63) is 41.1 Å². The minimum Gasteiger partial charge on any atom is -0.459 e. The molecule has 2 atom stereocenters. The Morgan fingerprint density at radius 2 is 1.84 bits per heavy atom. The Balaban J connectivity index is 2.27. The van der Waals surface area contributed by atoms with E-state index in [2.05, 4.69) is 17.6 Å². The normalized spacial score (nSPS) is 17.3. The van der Waals surface area contributed by atoms with Crippen LogP contribution in [-0.2, 0) is 14.3 Å². The lowest BCUT2D eigenvalue weighted by atomic mass is 9.94. The second kappa shape index (κ2) is 12.0. The van der Waals surface area contributed by atoms with E-state index in [0.717, 1.165) is 42.6 Å². The van der Waals surface area contributed by atoms with Gasteiger partial charge in [-0.1, -0.05) is 38.8 Å². The van der Waals surface area contributed by atoms with Gasteiger partial charge >= 0.3 is 5.97 Å². The van der Waals surface area contributed by atoms with Crippen LogP contribution in [0.15, 0.2) is 35.5 Å². The summed E-state index contributed by atoms with van der Waals surface area (Å²) in [6.07, 6.45) is 3.64. The van der Waals surface area contributed by atoms with Crippen LogP contribution in [0.3, 0.4) is 0 Å². The molecule has 0 bridgehead atoms. The fourth-order valence-corrected chi connectivity index (χ4v) is 4.31. The Labute approximate surface area is 197 Å². The third kappa shape index (κ3) is 6.31. The molecule has 0 unspecified atom stereocenters. The van der Waals surface area contributed by atoms with Crippen LogP contribution in [0.1, 0.15) is 78.8 Å². The number of hydrogen-bond donors (Lipinski definition) is 2. The van der Waals surface area contributed by atoms with Crippen molar-refractivity contribution in [3.8, 4) is 0 Å². The van der Waals surface area contributed by atoms with Gasteiger partial charge in [0.2, 0.25) is 5.91 Å². The summed E-state index contributed by atoms with van der Waals surface area (Å²) in [5, 5.41) is 6.90. The third-order valence-electron chi connectivity index (χ3n) is 5.76. The van der Waals surface area contributed by atoms with Crippen LogP contribution in [0, 0.1) is 5.92 Å². The maximum Gasteiger partial charge on any atom is 0.338 e. The molecule has 1 aliphatic heterocycles. The van der Waals surface area contributed by atoms with Crippen molar-refractivity contribution in [2.24, 2.45) is 5.92 Å². The number of ether oxygens (including phenoxy) is 1. The lowest BCUT2D eigenvalue weighted by Gasteiger charge is -2.37. The van der Waals surface area contributed by atoms with Gasteiger partial charge in [-0.25, -0.2) is 4.79 Å². The molecular weight excluding hydrogens is 422 g/mol. The van der Waals surface area contributed by atoms with Crippen molar-refractivity contribution in [3.63, 3.8) is 0 Å². The highest BCUT2D eigenvalue weighted by Gasteiger charge is 2.34. The molecule has 0 radical (unpaired) electrons. The number of nitrogens with one attached hydrogen (secondary N) is 2. The third-order valence-corrected chi connectivity index (χ3v) is 6.09. The number of anilines is 1. The standard InChI is InChI=1S/C25H37N3O3S/c1-7-10-11-18(8-2)23(29)26-20-14-12-19(13-15-20)22-21(24(30)31-16(4)5)17(6)28(9-3)25(32)27-22/h12-16,18,22H,7-11H2,1-6H3,(H,26,29)(H,27,32)/t18-,22-/m0/s1. The largest absolute Gasteiger partial charge is 0.459 e. The fraction of sp³-hybridized carbons (Fsp3) is 0.560. The number of nitrogens with zero attached hydrogens (tertiary/aromatic N) is 1. The summed E-state index contributed by atoms with van der Waals surface area (Å²) in [5.41, 5.74) is 2.98. The summed E-state index contributed by atoms with van der Waals surface area (Å²) < 4.78 is 5.52. The van der Waals surface area contributed by atoms with Crippen LogP contribution in [0.25, 0.3) is 0 Å². The molecule has 1 heterocycles. The molecule has 1 aromatic rings. The molecule has 1 aliphatic rings. The van der Waals surface area contributed by atoms with Crippen LogP contribution in [0.2, 0.25) is 0 Å². The second-order valence-corrected chi connectivity index (χ2v) is 8.83. The average molecular weight is 460 g/mol. The molecule has 0 spiro atoms. The summed E-state index contributed by atoms with van der Waals surface area (Å²) in [7, 11) is 0. The number of carbonyl (C=O) groups excluding carboxylic acids is 2.